The van der Waals surface area contributed by atoms with E-state index in [0.29, 0.717) is 0 Å². The Kier molecular flexibility index (Phi) is 5.31. The largest absolute Gasteiger partial charge is 0.472 e. The van der Waals surface area contributed by atoms with Crippen molar-refractivity contribution < 1.29 is 55.1 Å². The van der Waals surface area contributed by atoms with E-state index in [1.165, 1.54) is 6.92 Å². The molecule has 11 heteroatoms. The van der Waals surface area contributed by atoms with Gasteiger partial charge in [0.2, 0.25) is 6.29 Å². The summed E-state index contributed by atoms with van der Waals surface area (Å²) in [5, 5.41) is 79.9. The van der Waals surface area contributed by atoms with Gasteiger partial charge in [0, 0.05) is 0 Å². The summed E-state index contributed by atoms with van der Waals surface area (Å²) in [4.78, 5) is 0. The van der Waals surface area contributed by atoms with E-state index in [1.54, 1.807) is 0 Å². The van der Waals surface area contributed by atoms with Gasteiger partial charge in [0.05, 0.1) is 24.9 Å². The highest BCUT2D eigenvalue weighted by Gasteiger charge is 2.65. The summed E-state index contributed by atoms with van der Waals surface area (Å²) in [6, 6.07) is 0. The molecule has 2 heterocycles. The van der Waals surface area contributed by atoms with Gasteiger partial charge in [0.25, 0.3) is 0 Å². The molecule has 150 valence electrons. The highest BCUT2D eigenvalue weighted by Crippen LogP contribution is 2.47. The van der Waals surface area contributed by atoms with E-state index >= 15 is 0 Å². The summed E-state index contributed by atoms with van der Waals surface area (Å²) in [6.07, 6.45) is -13.2. The van der Waals surface area contributed by atoms with Crippen LogP contribution in [0.2, 0.25) is 0 Å². The molecular weight excluding hydrogens is 356 g/mol. The molecule has 0 bridgehead atoms. The van der Waals surface area contributed by atoms with E-state index in [2.05, 4.69) is 0 Å². The molecule has 8 N–H and O–H groups in total. The molecule has 0 spiro atoms. The highest BCUT2D eigenvalue weighted by atomic mass is 16.8. The van der Waals surface area contributed by atoms with Crippen LogP contribution in [0.15, 0.2) is 11.8 Å². The van der Waals surface area contributed by atoms with Gasteiger partial charge < -0.3 is 55.1 Å². The summed E-state index contributed by atoms with van der Waals surface area (Å²) in [5.41, 5.74) is -1.89. The number of hydrogen-bond donors (Lipinski definition) is 8. The molecule has 1 saturated heterocycles. The summed E-state index contributed by atoms with van der Waals surface area (Å²) in [7, 11) is 0. The van der Waals surface area contributed by atoms with E-state index in [-0.39, 0.29) is 5.57 Å². The van der Waals surface area contributed by atoms with Crippen LogP contribution in [0, 0.1) is 5.92 Å². The molecule has 1 saturated carbocycles. The highest BCUT2D eigenvalue weighted by molar-refractivity contribution is 5.27. The fraction of sp³-hybridized carbons (Fsp3) is 0.867. The average molecular weight is 380 g/mol. The molecule has 0 radical (unpaired) electrons. The summed E-state index contributed by atoms with van der Waals surface area (Å²) >= 11 is 0. The quantitative estimate of drug-likeness (QED) is 0.235. The van der Waals surface area contributed by atoms with Crippen LogP contribution in [0.25, 0.3) is 0 Å². The smallest absolute Gasteiger partial charge is 0.210 e. The third-order valence-corrected chi connectivity index (χ3v) is 5.42. The Morgan fingerprint density at radius 2 is 1.62 bits per heavy atom. The Morgan fingerprint density at radius 1 is 0.962 bits per heavy atom. The first-order valence-corrected chi connectivity index (χ1v) is 8.19. The molecule has 0 aromatic carbocycles. The van der Waals surface area contributed by atoms with Gasteiger partial charge in [-0.25, -0.2) is 0 Å². The van der Waals surface area contributed by atoms with Crippen molar-refractivity contribution in [2.24, 2.45) is 5.92 Å². The second-order valence-electron chi connectivity index (χ2n) is 6.92. The van der Waals surface area contributed by atoms with Crippen molar-refractivity contribution in [2.75, 3.05) is 6.61 Å². The lowest BCUT2D eigenvalue weighted by atomic mass is 9.81. The Bertz CT molecular complexity index is 554. The molecular formula is C15H24O11. The van der Waals surface area contributed by atoms with Gasteiger partial charge in [0.15, 0.2) is 6.29 Å². The molecule has 2 fully saturated rings. The van der Waals surface area contributed by atoms with Crippen molar-refractivity contribution in [3.05, 3.63) is 11.8 Å². The van der Waals surface area contributed by atoms with Crippen molar-refractivity contribution in [3.8, 4) is 0 Å². The zero-order chi connectivity index (χ0) is 19.4. The SMILES string of the molecule is CC1=CO[C@@H](O[C@@H]2O[C@@H](CO)[C@@H](O)[C@@H](O)[C@@H]2O)[C@@H]2[C@@H](O)[C@H](O)[C@@H](O)[C@]12O. The lowest BCUT2D eigenvalue weighted by Gasteiger charge is -2.45. The normalized spacial score (nSPS) is 54.4. The van der Waals surface area contributed by atoms with Gasteiger partial charge in [-0.2, -0.15) is 0 Å². The minimum absolute atomic E-state index is 0.152. The second-order valence-corrected chi connectivity index (χ2v) is 6.92. The van der Waals surface area contributed by atoms with Crippen molar-refractivity contribution in [1.29, 1.82) is 0 Å². The lowest BCUT2D eigenvalue weighted by Crippen LogP contribution is -2.61. The van der Waals surface area contributed by atoms with Crippen LogP contribution in [-0.2, 0) is 14.2 Å². The number of rotatable bonds is 3. The molecule has 1 aliphatic carbocycles. The number of hydrogen-bond acceptors (Lipinski definition) is 11. The maximum atomic E-state index is 10.8. The van der Waals surface area contributed by atoms with Crippen molar-refractivity contribution >= 4 is 0 Å². The molecule has 0 unspecified atom stereocenters. The summed E-state index contributed by atoms with van der Waals surface area (Å²) in [6.45, 7) is 0.772. The standard InChI is InChI=1S/C15H24O11/c1-4-3-24-13(6-8(18)10(20)12(22)15(4,6)23)26-14-11(21)9(19)7(17)5(2-16)25-14/h3,5-14,16-23H,2H2,1H3/t5-,6-,7+,8+,9+,10-,11-,12+,13-,14-,15-/m0/s1. The van der Waals surface area contributed by atoms with Crippen molar-refractivity contribution in [3.63, 3.8) is 0 Å². The van der Waals surface area contributed by atoms with Crippen LogP contribution in [0.5, 0.6) is 0 Å². The first-order valence-electron chi connectivity index (χ1n) is 8.19. The molecule has 0 aromatic rings. The molecule has 26 heavy (non-hydrogen) atoms. The molecule has 3 rings (SSSR count). The average Bonchev–Trinajstić information content (AvgIpc) is 2.80. The maximum Gasteiger partial charge on any atom is 0.210 e. The fourth-order valence-electron chi connectivity index (χ4n) is 3.76. The fourth-order valence-corrected chi connectivity index (χ4v) is 3.76. The van der Waals surface area contributed by atoms with E-state index in [0.717, 1.165) is 6.26 Å². The topological polar surface area (TPSA) is 190 Å². The van der Waals surface area contributed by atoms with E-state index < -0.39 is 73.4 Å². The number of aliphatic hydroxyl groups is 8. The monoisotopic (exact) mass is 380 g/mol. The number of fused-ring (bicyclic) bond motifs is 1. The third-order valence-electron chi connectivity index (χ3n) is 5.42. The zero-order valence-corrected chi connectivity index (χ0v) is 13.9. The molecule has 0 amide bonds. The Morgan fingerprint density at radius 3 is 2.23 bits per heavy atom. The van der Waals surface area contributed by atoms with Gasteiger partial charge in [-0.15, -0.1) is 0 Å². The van der Waals surface area contributed by atoms with Crippen LogP contribution in [0.3, 0.4) is 0 Å². The minimum Gasteiger partial charge on any atom is -0.472 e. The molecule has 0 aromatic heterocycles. The van der Waals surface area contributed by atoms with Crippen molar-refractivity contribution in [2.45, 2.75) is 67.8 Å². The van der Waals surface area contributed by atoms with E-state index in [1.807, 2.05) is 0 Å². The Balaban J connectivity index is 1.84. The van der Waals surface area contributed by atoms with E-state index in [4.69, 9.17) is 14.2 Å². The Labute approximate surface area is 148 Å². The first kappa shape index (κ1) is 19.9. The van der Waals surface area contributed by atoms with Gasteiger partial charge in [-0.1, -0.05) is 0 Å². The Hall–Kier alpha value is -0.860. The minimum atomic E-state index is -2.05. The van der Waals surface area contributed by atoms with E-state index in [9.17, 15) is 40.9 Å². The van der Waals surface area contributed by atoms with Gasteiger partial charge in [-0.3, -0.25) is 0 Å². The molecule has 2 aliphatic heterocycles. The van der Waals surface area contributed by atoms with Crippen LogP contribution < -0.4 is 0 Å². The van der Waals surface area contributed by atoms with Crippen molar-refractivity contribution in [1.82, 2.24) is 0 Å². The summed E-state index contributed by atoms with van der Waals surface area (Å²) < 4.78 is 15.9. The van der Waals surface area contributed by atoms with Crippen LogP contribution >= 0.6 is 0 Å². The van der Waals surface area contributed by atoms with Gasteiger partial charge in [0.1, 0.15) is 42.2 Å². The van der Waals surface area contributed by atoms with Gasteiger partial charge in [-0.05, 0) is 12.5 Å². The number of ether oxygens (including phenoxy) is 3. The molecule has 11 atom stereocenters. The maximum absolute atomic E-state index is 10.8. The first-order chi connectivity index (χ1) is 12.1. The van der Waals surface area contributed by atoms with Crippen LogP contribution in [0.4, 0.5) is 0 Å². The second kappa shape index (κ2) is 6.95. The van der Waals surface area contributed by atoms with Crippen LogP contribution in [-0.4, -0.2) is 108 Å². The lowest BCUT2D eigenvalue weighted by molar-refractivity contribution is -0.349. The molecule has 11 nitrogen and oxygen atoms in total. The number of aliphatic hydroxyl groups excluding tert-OH is 7. The van der Waals surface area contributed by atoms with Gasteiger partial charge >= 0.3 is 0 Å². The van der Waals surface area contributed by atoms with Crippen LogP contribution in [0.1, 0.15) is 6.92 Å². The molecule has 3 aliphatic rings. The predicted octanol–water partition coefficient (Wildman–Crippen LogP) is -4.49. The summed E-state index contributed by atoms with van der Waals surface area (Å²) in [5.74, 6) is -1.33. The zero-order valence-electron chi connectivity index (χ0n) is 13.9. The third kappa shape index (κ3) is 2.76. The predicted molar refractivity (Wildman–Crippen MR) is 79.9 cm³/mol.